The van der Waals surface area contributed by atoms with Crippen molar-refractivity contribution < 1.29 is 14.3 Å². The molecule has 0 atom stereocenters. The lowest BCUT2D eigenvalue weighted by atomic mass is 10.0. The fourth-order valence-electron chi connectivity index (χ4n) is 5.00. The van der Waals surface area contributed by atoms with E-state index < -0.39 is 5.91 Å². The highest BCUT2D eigenvalue weighted by Gasteiger charge is 2.19. The fraction of sp³-hybridized carbons (Fsp3) is 0.171. The number of nitrogens with zero attached hydrogens (tertiary/aromatic N) is 4. The van der Waals surface area contributed by atoms with Gasteiger partial charge in [-0.1, -0.05) is 31.2 Å². The third-order valence-electron chi connectivity index (χ3n) is 7.39. The van der Waals surface area contributed by atoms with Crippen LogP contribution in [0.2, 0.25) is 0 Å². The number of anilines is 2. The third-order valence-corrected chi connectivity index (χ3v) is 7.39. The second kappa shape index (κ2) is 14.1. The number of ether oxygens (including phenoxy) is 2. The predicted octanol–water partition coefficient (Wildman–Crippen LogP) is 5.91. The maximum Gasteiger partial charge on any atom is 0.272 e. The van der Waals surface area contributed by atoms with Gasteiger partial charge in [-0.2, -0.15) is 0 Å². The van der Waals surface area contributed by atoms with Gasteiger partial charge >= 0.3 is 0 Å². The summed E-state index contributed by atoms with van der Waals surface area (Å²) in [6.07, 6.45) is 8.33. The summed E-state index contributed by atoms with van der Waals surface area (Å²) in [4.78, 5) is 29.0. The average molecular weight is 602 g/mol. The van der Waals surface area contributed by atoms with Crippen LogP contribution in [0, 0.1) is 5.41 Å². The molecule has 0 unspecified atom stereocenters. The summed E-state index contributed by atoms with van der Waals surface area (Å²) in [6, 6.07) is 21.7. The van der Waals surface area contributed by atoms with Gasteiger partial charge in [0.15, 0.2) is 0 Å². The van der Waals surface area contributed by atoms with E-state index in [1.807, 2.05) is 66.9 Å². The molecule has 1 amide bonds. The van der Waals surface area contributed by atoms with Gasteiger partial charge in [0.25, 0.3) is 5.91 Å². The summed E-state index contributed by atoms with van der Waals surface area (Å²) in [6.45, 7) is 3.21. The zero-order valence-corrected chi connectivity index (χ0v) is 25.4. The molecule has 0 radical (unpaired) electrons. The molecule has 4 N–H and O–H groups in total. The van der Waals surface area contributed by atoms with Crippen LogP contribution >= 0.6 is 0 Å². The van der Waals surface area contributed by atoms with Crippen molar-refractivity contribution in [3.8, 4) is 22.8 Å². The van der Waals surface area contributed by atoms with Crippen molar-refractivity contribution >= 4 is 34.5 Å². The van der Waals surface area contributed by atoms with Crippen molar-refractivity contribution in [1.82, 2.24) is 15.0 Å². The first-order valence-corrected chi connectivity index (χ1v) is 14.4. The molecule has 0 aliphatic carbocycles. The summed E-state index contributed by atoms with van der Waals surface area (Å²) in [7, 11) is 3.30. The number of hydrogen-bond donors (Lipinski definition) is 3. The number of amides is 1. The molecule has 0 aliphatic rings. The Morgan fingerprint density at radius 3 is 2.18 bits per heavy atom. The van der Waals surface area contributed by atoms with E-state index in [1.165, 1.54) is 6.08 Å². The normalized spacial score (nSPS) is 11.2. The van der Waals surface area contributed by atoms with Crippen molar-refractivity contribution in [2.45, 2.75) is 26.4 Å². The number of hydrogen-bond acceptors (Lipinski definition) is 9. The maximum absolute atomic E-state index is 12.6. The van der Waals surface area contributed by atoms with Crippen LogP contribution in [0.5, 0.6) is 11.5 Å². The zero-order valence-electron chi connectivity index (χ0n) is 25.4. The van der Waals surface area contributed by atoms with Crippen LogP contribution < -0.4 is 25.4 Å². The zero-order chi connectivity index (χ0) is 31.8. The van der Waals surface area contributed by atoms with Gasteiger partial charge in [-0.05, 0) is 77.0 Å². The van der Waals surface area contributed by atoms with Gasteiger partial charge < -0.3 is 30.8 Å². The van der Waals surface area contributed by atoms with Gasteiger partial charge in [-0.25, -0.2) is 9.97 Å². The smallest absolute Gasteiger partial charge is 0.272 e. The lowest BCUT2D eigenvalue weighted by Gasteiger charge is -2.26. The largest absolute Gasteiger partial charge is 0.497 e. The number of aromatic nitrogens is 3. The molecule has 5 rings (SSSR count). The Labute approximate surface area is 262 Å². The van der Waals surface area contributed by atoms with Crippen LogP contribution in [0.1, 0.15) is 23.6 Å². The van der Waals surface area contributed by atoms with Gasteiger partial charge in [-0.3, -0.25) is 9.78 Å². The molecule has 228 valence electrons. The minimum absolute atomic E-state index is 0.0869. The molecule has 0 saturated heterocycles. The molecular formula is C35H35N7O3. The van der Waals surface area contributed by atoms with Crippen LogP contribution in [0.15, 0.2) is 97.1 Å². The van der Waals surface area contributed by atoms with E-state index >= 15 is 0 Å². The van der Waals surface area contributed by atoms with E-state index in [0.717, 1.165) is 68.7 Å². The van der Waals surface area contributed by atoms with E-state index in [0.29, 0.717) is 18.9 Å². The third kappa shape index (κ3) is 7.24. The molecule has 0 aliphatic heterocycles. The maximum atomic E-state index is 12.6. The standard InChI is InChI=1S/C35H35N7O3/c1-4-25-14-16-38-19-29(25)32-17-26-18-33(41-35(43)31(37)13-15-36)39-20-30(26)34(40-32)42(21-23-5-9-27(44-2)10-6-23)22-24-7-11-28(45-3)12-8-24/h5-20,36H,4,21-22,37H2,1-3H3,(H,39,41,43)/b31-13-,36-15?. The molecule has 0 fully saturated rings. The summed E-state index contributed by atoms with van der Waals surface area (Å²) in [5.74, 6) is 2.08. The molecule has 10 nitrogen and oxygen atoms in total. The molecule has 10 heteroatoms. The number of nitrogens with two attached hydrogens (primary N) is 1. The van der Waals surface area contributed by atoms with Crippen molar-refractivity contribution in [3.63, 3.8) is 0 Å². The number of carbonyl (C=O) groups excluding carboxylic acids is 1. The SMILES string of the molecule is CCc1ccncc1-c1cc2cc(NC(=O)/C(N)=C/C=N)ncc2c(N(Cc2ccc(OC)cc2)Cc2ccc(OC)cc2)n1. The molecule has 3 heterocycles. The predicted molar refractivity (Wildman–Crippen MR) is 178 cm³/mol. The Bertz CT molecular complexity index is 1790. The van der Waals surface area contributed by atoms with E-state index in [4.69, 9.17) is 25.6 Å². The summed E-state index contributed by atoms with van der Waals surface area (Å²) in [5.41, 5.74) is 10.7. The molecule has 0 saturated carbocycles. The minimum Gasteiger partial charge on any atom is -0.497 e. The lowest BCUT2D eigenvalue weighted by Crippen LogP contribution is -2.24. The highest BCUT2D eigenvalue weighted by Crippen LogP contribution is 2.34. The number of pyridine rings is 3. The Morgan fingerprint density at radius 2 is 1.60 bits per heavy atom. The van der Waals surface area contributed by atoms with Crippen LogP contribution in [0.4, 0.5) is 11.6 Å². The van der Waals surface area contributed by atoms with E-state index in [9.17, 15) is 4.79 Å². The van der Waals surface area contributed by atoms with E-state index in [1.54, 1.807) is 32.7 Å². The Balaban J connectivity index is 1.67. The van der Waals surface area contributed by atoms with Gasteiger partial charge in [0.1, 0.15) is 23.1 Å². The number of nitrogens with one attached hydrogen (secondary N) is 2. The Morgan fingerprint density at radius 1 is 0.956 bits per heavy atom. The molecular weight excluding hydrogens is 566 g/mol. The second-order valence-electron chi connectivity index (χ2n) is 10.3. The first kappa shape index (κ1) is 30.7. The van der Waals surface area contributed by atoms with Crippen LogP contribution in [0.3, 0.4) is 0 Å². The molecule has 45 heavy (non-hydrogen) atoms. The number of benzene rings is 2. The van der Waals surface area contributed by atoms with E-state index in [-0.39, 0.29) is 5.70 Å². The second-order valence-corrected chi connectivity index (χ2v) is 10.3. The quantitative estimate of drug-likeness (QED) is 0.119. The molecule has 5 aromatic rings. The lowest BCUT2D eigenvalue weighted by molar-refractivity contribution is -0.112. The monoisotopic (exact) mass is 601 g/mol. The summed E-state index contributed by atoms with van der Waals surface area (Å²) in [5, 5.41) is 11.6. The van der Waals surface area contributed by atoms with Crippen molar-refractivity contribution in [1.29, 1.82) is 5.41 Å². The molecule has 3 aromatic heterocycles. The fourth-order valence-corrected chi connectivity index (χ4v) is 5.00. The summed E-state index contributed by atoms with van der Waals surface area (Å²) >= 11 is 0. The first-order valence-electron chi connectivity index (χ1n) is 14.4. The van der Waals surface area contributed by atoms with Gasteiger partial charge in [0.05, 0.1) is 25.6 Å². The van der Waals surface area contributed by atoms with Gasteiger partial charge in [0, 0.05) is 48.8 Å². The van der Waals surface area contributed by atoms with Gasteiger partial charge in [-0.15, -0.1) is 0 Å². The number of methoxy groups -OCH3 is 2. The average Bonchev–Trinajstić information content (AvgIpc) is 3.08. The van der Waals surface area contributed by atoms with Crippen molar-refractivity contribution in [2.24, 2.45) is 5.73 Å². The van der Waals surface area contributed by atoms with Crippen LogP contribution in [-0.2, 0) is 24.3 Å². The van der Waals surface area contributed by atoms with Gasteiger partial charge in [0.2, 0.25) is 0 Å². The van der Waals surface area contributed by atoms with Crippen molar-refractivity contribution in [2.75, 3.05) is 24.4 Å². The number of fused-ring (bicyclic) bond motifs is 1. The van der Waals surface area contributed by atoms with Crippen molar-refractivity contribution in [3.05, 3.63) is 114 Å². The molecule has 0 spiro atoms. The summed E-state index contributed by atoms with van der Waals surface area (Å²) < 4.78 is 10.8. The molecule has 0 bridgehead atoms. The highest BCUT2D eigenvalue weighted by molar-refractivity contribution is 6.05. The highest BCUT2D eigenvalue weighted by atomic mass is 16.5. The Kier molecular flexibility index (Phi) is 9.64. The van der Waals surface area contributed by atoms with Crippen LogP contribution in [-0.4, -0.2) is 41.3 Å². The molecule has 2 aromatic carbocycles. The first-order chi connectivity index (χ1) is 21.9. The topological polar surface area (TPSA) is 139 Å². The number of allylic oxidation sites excluding steroid dienone is 1. The van der Waals surface area contributed by atoms with Crippen LogP contribution in [0.25, 0.3) is 22.0 Å². The minimum atomic E-state index is -0.541. The number of aryl methyl sites for hydroxylation is 1. The Hall–Kier alpha value is -5.77. The van der Waals surface area contributed by atoms with E-state index in [2.05, 4.69) is 27.1 Å². The number of rotatable bonds is 12. The number of carbonyl (C=O) groups is 1.